The Morgan fingerprint density at radius 3 is 2.24 bits per heavy atom. The molecule has 0 aliphatic carbocycles. The lowest BCUT2D eigenvalue weighted by molar-refractivity contribution is 0.101. The number of aryl methyl sites for hydroxylation is 1. The van der Waals surface area contributed by atoms with E-state index in [-0.39, 0.29) is 11.8 Å². The first-order valence-corrected chi connectivity index (χ1v) is 11.9. The van der Waals surface area contributed by atoms with Gasteiger partial charge >= 0.3 is 0 Å². The summed E-state index contributed by atoms with van der Waals surface area (Å²) in [6.07, 6.45) is 0. The van der Waals surface area contributed by atoms with Crippen LogP contribution in [0.2, 0.25) is 5.02 Å². The molecule has 0 atom stereocenters. The zero-order chi connectivity index (χ0) is 25.9. The van der Waals surface area contributed by atoms with Gasteiger partial charge in [0.2, 0.25) is 0 Å². The number of fused-ring (bicyclic) bond motifs is 1. The number of methoxy groups -OCH3 is 1. The molecule has 5 aromatic rings. The average molecular weight is 511 g/mol. The predicted molar refractivity (Wildman–Crippen MR) is 147 cm³/mol. The van der Waals surface area contributed by atoms with Gasteiger partial charge in [-0.3, -0.25) is 9.59 Å². The number of carbonyl (C=O) groups is 2. The molecule has 5 rings (SSSR count). The van der Waals surface area contributed by atoms with Gasteiger partial charge in [0.15, 0.2) is 0 Å². The van der Waals surface area contributed by atoms with Crippen LogP contribution in [0.25, 0.3) is 22.4 Å². The number of aromatic nitrogens is 2. The smallest absolute Gasteiger partial charge is 0.257 e. The van der Waals surface area contributed by atoms with Crippen LogP contribution in [0.5, 0.6) is 5.75 Å². The first kappa shape index (κ1) is 24.1. The molecule has 0 spiro atoms. The Hall–Kier alpha value is -4.62. The third-order valence-electron chi connectivity index (χ3n) is 5.88. The molecule has 0 aliphatic rings. The van der Waals surface area contributed by atoms with Crippen LogP contribution in [-0.2, 0) is 0 Å². The maximum atomic E-state index is 12.6. The Morgan fingerprint density at radius 1 is 0.838 bits per heavy atom. The van der Waals surface area contributed by atoms with Gasteiger partial charge in [-0.1, -0.05) is 17.7 Å². The van der Waals surface area contributed by atoms with Crippen molar-refractivity contribution in [1.29, 1.82) is 0 Å². The second-order valence-corrected chi connectivity index (χ2v) is 8.92. The number of carbonyl (C=O) groups excluding carboxylic acids is 2. The average Bonchev–Trinajstić information content (AvgIpc) is 3.32. The number of rotatable bonds is 6. The van der Waals surface area contributed by atoms with Gasteiger partial charge in [-0.15, -0.1) is 0 Å². The Bertz CT molecular complexity index is 1610. The fourth-order valence-corrected chi connectivity index (χ4v) is 4.20. The molecule has 2 amide bonds. The summed E-state index contributed by atoms with van der Waals surface area (Å²) < 4.78 is 5.14. The minimum Gasteiger partial charge on any atom is -0.497 e. The second-order valence-electron chi connectivity index (χ2n) is 8.51. The number of hydrogen-bond acceptors (Lipinski definition) is 4. The maximum absolute atomic E-state index is 12.6. The van der Waals surface area contributed by atoms with Crippen LogP contribution < -0.4 is 15.4 Å². The second kappa shape index (κ2) is 10.2. The maximum Gasteiger partial charge on any atom is 0.257 e. The monoisotopic (exact) mass is 510 g/mol. The number of hydrogen-bond donors (Lipinski definition) is 3. The third kappa shape index (κ3) is 5.32. The number of ether oxygens (including phenoxy) is 1. The van der Waals surface area contributed by atoms with E-state index in [1.807, 2.05) is 55.5 Å². The summed E-state index contributed by atoms with van der Waals surface area (Å²) in [5.41, 5.74) is 5.64. The molecular weight excluding hydrogens is 488 g/mol. The molecule has 0 saturated heterocycles. The van der Waals surface area contributed by atoms with E-state index in [2.05, 4.69) is 20.6 Å². The zero-order valence-corrected chi connectivity index (χ0v) is 20.9. The fraction of sp³-hybridized carbons (Fsp3) is 0.0690. The van der Waals surface area contributed by atoms with Crippen LogP contribution >= 0.6 is 11.6 Å². The van der Waals surface area contributed by atoms with E-state index in [0.29, 0.717) is 39.1 Å². The van der Waals surface area contributed by atoms with Gasteiger partial charge in [-0.2, -0.15) is 0 Å². The van der Waals surface area contributed by atoms with E-state index in [1.165, 1.54) is 0 Å². The van der Waals surface area contributed by atoms with Crippen LogP contribution in [0.3, 0.4) is 0 Å². The van der Waals surface area contributed by atoms with Crippen molar-refractivity contribution in [1.82, 2.24) is 9.97 Å². The minimum absolute atomic E-state index is 0.216. The molecular formula is C29H23ClN4O3. The lowest BCUT2D eigenvalue weighted by Crippen LogP contribution is -2.12. The number of anilines is 2. The Labute approximate surface area is 218 Å². The number of imidazole rings is 1. The molecule has 0 radical (unpaired) electrons. The van der Waals surface area contributed by atoms with Crippen LogP contribution in [0, 0.1) is 6.92 Å². The normalized spacial score (nSPS) is 10.8. The molecule has 0 saturated carbocycles. The van der Waals surface area contributed by atoms with Crippen molar-refractivity contribution >= 4 is 45.8 Å². The number of halogens is 1. The molecule has 8 heteroatoms. The van der Waals surface area contributed by atoms with E-state index < -0.39 is 0 Å². The summed E-state index contributed by atoms with van der Waals surface area (Å²) >= 11 is 6.21. The minimum atomic E-state index is -0.272. The number of nitrogens with zero attached hydrogens (tertiary/aromatic N) is 1. The quantitative estimate of drug-likeness (QED) is 0.236. The Kier molecular flexibility index (Phi) is 6.62. The Morgan fingerprint density at radius 2 is 1.54 bits per heavy atom. The highest BCUT2D eigenvalue weighted by atomic mass is 35.5. The number of benzene rings is 4. The molecule has 1 heterocycles. The number of amides is 2. The van der Waals surface area contributed by atoms with Crippen LogP contribution in [-0.4, -0.2) is 28.9 Å². The fourth-order valence-electron chi connectivity index (χ4n) is 3.88. The first-order valence-electron chi connectivity index (χ1n) is 11.5. The molecule has 0 fully saturated rings. The van der Waals surface area contributed by atoms with Crippen molar-refractivity contribution in [2.45, 2.75) is 6.92 Å². The van der Waals surface area contributed by atoms with Crippen molar-refractivity contribution in [3.05, 3.63) is 107 Å². The predicted octanol–water partition coefficient (Wildman–Crippen LogP) is 6.70. The molecule has 184 valence electrons. The number of H-pyrrole nitrogens is 1. The summed E-state index contributed by atoms with van der Waals surface area (Å²) in [6.45, 7) is 1.92. The summed E-state index contributed by atoms with van der Waals surface area (Å²) in [7, 11) is 1.58. The standard InChI is InChI=1S/C29H23ClN4O3/c1-17-3-13-23(24(30)15-17)29(36)31-20-8-4-18(5-9-20)27-33-25-14-10-21(16-26(25)34-27)32-28(35)19-6-11-22(37-2)12-7-19/h3-16H,1-2H3,(H,31,36)(H,32,35)(H,33,34). The van der Waals surface area contributed by atoms with Crippen molar-refractivity contribution in [3.63, 3.8) is 0 Å². The van der Waals surface area contributed by atoms with E-state index >= 15 is 0 Å². The summed E-state index contributed by atoms with van der Waals surface area (Å²) in [6, 6.07) is 25.1. The lowest BCUT2D eigenvalue weighted by Gasteiger charge is -2.08. The van der Waals surface area contributed by atoms with Crippen molar-refractivity contribution in [2.24, 2.45) is 0 Å². The number of aromatic amines is 1. The van der Waals surface area contributed by atoms with Crippen molar-refractivity contribution in [2.75, 3.05) is 17.7 Å². The molecule has 1 aromatic heterocycles. The van der Waals surface area contributed by atoms with Crippen LogP contribution in [0.1, 0.15) is 26.3 Å². The zero-order valence-electron chi connectivity index (χ0n) is 20.1. The molecule has 3 N–H and O–H groups in total. The largest absolute Gasteiger partial charge is 0.497 e. The number of nitrogens with one attached hydrogen (secondary N) is 3. The van der Waals surface area contributed by atoms with Crippen molar-refractivity contribution in [3.8, 4) is 17.1 Å². The summed E-state index contributed by atoms with van der Waals surface area (Å²) in [5, 5.41) is 6.19. The molecule has 4 aromatic carbocycles. The van der Waals surface area contributed by atoms with Gasteiger partial charge in [-0.25, -0.2) is 4.98 Å². The van der Waals surface area contributed by atoms with Crippen LogP contribution in [0.4, 0.5) is 11.4 Å². The van der Waals surface area contributed by atoms with E-state index in [4.69, 9.17) is 16.3 Å². The highest BCUT2D eigenvalue weighted by Crippen LogP contribution is 2.25. The van der Waals surface area contributed by atoms with Gasteiger partial charge < -0.3 is 20.4 Å². The summed E-state index contributed by atoms with van der Waals surface area (Å²) in [5.74, 6) is 0.874. The van der Waals surface area contributed by atoms with Crippen molar-refractivity contribution < 1.29 is 14.3 Å². The highest BCUT2D eigenvalue weighted by molar-refractivity contribution is 6.34. The SMILES string of the molecule is COc1ccc(C(=O)Nc2ccc3nc(-c4ccc(NC(=O)c5ccc(C)cc5Cl)cc4)[nH]c3c2)cc1. The van der Waals surface area contributed by atoms with Crippen LogP contribution in [0.15, 0.2) is 84.9 Å². The summed E-state index contributed by atoms with van der Waals surface area (Å²) in [4.78, 5) is 33.1. The van der Waals surface area contributed by atoms with Gasteiger partial charge in [0, 0.05) is 22.5 Å². The Balaban J connectivity index is 1.29. The first-order chi connectivity index (χ1) is 17.9. The third-order valence-corrected chi connectivity index (χ3v) is 6.19. The van der Waals surface area contributed by atoms with E-state index in [0.717, 1.165) is 22.2 Å². The van der Waals surface area contributed by atoms with Gasteiger partial charge in [0.1, 0.15) is 11.6 Å². The van der Waals surface area contributed by atoms with E-state index in [9.17, 15) is 9.59 Å². The lowest BCUT2D eigenvalue weighted by atomic mass is 10.1. The van der Waals surface area contributed by atoms with Gasteiger partial charge in [0.25, 0.3) is 11.8 Å². The van der Waals surface area contributed by atoms with Gasteiger partial charge in [-0.05, 0) is 91.3 Å². The highest BCUT2D eigenvalue weighted by Gasteiger charge is 2.12. The molecule has 0 unspecified atom stereocenters. The molecule has 37 heavy (non-hydrogen) atoms. The van der Waals surface area contributed by atoms with Gasteiger partial charge in [0.05, 0.1) is 28.7 Å². The molecule has 0 aliphatic heterocycles. The molecule has 7 nitrogen and oxygen atoms in total. The van der Waals surface area contributed by atoms with E-state index in [1.54, 1.807) is 43.5 Å². The molecule has 0 bridgehead atoms. The topological polar surface area (TPSA) is 96.1 Å².